The Labute approximate surface area is 186 Å². The number of fused-ring (bicyclic) bond motifs is 2. The zero-order valence-corrected chi connectivity index (χ0v) is 18.7. The van der Waals surface area contributed by atoms with Gasteiger partial charge in [-0.2, -0.15) is 9.78 Å². The summed E-state index contributed by atoms with van der Waals surface area (Å²) in [7, 11) is 3.98. The zero-order valence-electron chi connectivity index (χ0n) is 18.7. The van der Waals surface area contributed by atoms with Crippen LogP contribution in [-0.4, -0.2) is 46.9 Å². The van der Waals surface area contributed by atoms with Crippen molar-refractivity contribution < 1.29 is 4.79 Å². The van der Waals surface area contributed by atoms with E-state index in [1.807, 2.05) is 81.4 Å². The van der Waals surface area contributed by atoms with Gasteiger partial charge in [0.2, 0.25) is 0 Å². The van der Waals surface area contributed by atoms with Crippen molar-refractivity contribution in [1.82, 2.24) is 20.0 Å². The van der Waals surface area contributed by atoms with Gasteiger partial charge in [0, 0.05) is 25.8 Å². The van der Waals surface area contributed by atoms with Crippen LogP contribution in [0.1, 0.15) is 36.2 Å². The highest BCUT2D eigenvalue weighted by atomic mass is 16.1. The number of nitrogens with zero attached hydrogens (tertiary/aromatic N) is 5. The second kappa shape index (κ2) is 8.66. The number of carbonyl (C=O) groups excluding carboxylic acids is 1. The Kier molecular flexibility index (Phi) is 5.77. The normalized spacial score (nSPS) is 12.5. The number of rotatable bonds is 6. The number of hydrogen-bond acceptors (Lipinski definition) is 6. The molecule has 0 radical (unpaired) electrons. The third kappa shape index (κ3) is 3.99. The van der Waals surface area contributed by atoms with Gasteiger partial charge in [-0.15, -0.1) is 0 Å². The van der Waals surface area contributed by atoms with Crippen LogP contribution >= 0.6 is 0 Å². The van der Waals surface area contributed by atoms with Gasteiger partial charge >= 0.3 is 0 Å². The van der Waals surface area contributed by atoms with Crippen molar-refractivity contribution in [3.8, 4) is 0 Å². The van der Waals surface area contributed by atoms with E-state index in [9.17, 15) is 4.79 Å². The molecule has 0 saturated carbocycles. The van der Waals surface area contributed by atoms with Gasteiger partial charge in [-0.05, 0) is 43.2 Å². The Morgan fingerprint density at radius 2 is 1.81 bits per heavy atom. The van der Waals surface area contributed by atoms with Crippen LogP contribution in [0.25, 0.3) is 22.2 Å². The van der Waals surface area contributed by atoms with Crippen molar-refractivity contribution in [2.45, 2.75) is 26.3 Å². The van der Waals surface area contributed by atoms with Crippen molar-refractivity contribution in [2.75, 3.05) is 24.7 Å². The number of nitrogens with two attached hydrogens (primary N) is 1. The summed E-state index contributed by atoms with van der Waals surface area (Å²) in [6, 6.07) is 15.5. The number of hydrogen-bond donors (Lipinski definition) is 2. The molecule has 1 amide bonds. The van der Waals surface area contributed by atoms with Crippen LogP contribution < -0.4 is 16.0 Å². The van der Waals surface area contributed by atoms with E-state index >= 15 is 0 Å². The maximum absolute atomic E-state index is 13.0. The van der Waals surface area contributed by atoms with Crippen LogP contribution in [-0.2, 0) is 0 Å². The molecule has 1 unspecified atom stereocenters. The maximum atomic E-state index is 13.0. The van der Waals surface area contributed by atoms with Gasteiger partial charge in [-0.1, -0.05) is 31.2 Å². The predicted molar refractivity (Wildman–Crippen MR) is 130 cm³/mol. The average Bonchev–Trinajstić information content (AvgIpc) is 3.06. The summed E-state index contributed by atoms with van der Waals surface area (Å²) in [6.07, 6.45) is 2.50. The van der Waals surface area contributed by atoms with Crippen molar-refractivity contribution in [2.24, 2.45) is 5.10 Å². The maximum Gasteiger partial charge on any atom is 0.257 e. The fourth-order valence-corrected chi connectivity index (χ4v) is 3.37. The molecule has 164 valence electrons. The first-order valence-corrected chi connectivity index (χ1v) is 10.6. The molecule has 2 aromatic carbocycles. The molecule has 8 heteroatoms. The number of aromatic nitrogens is 3. The molecule has 0 aliphatic heterocycles. The van der Waals surface area contributed by atoms with E-state index in [2.05, 4.69) is 10.4 Å². The molecule has 0 spiro atoms. The van der Waals surface area contributed by atoms with E-state index in [1.165, 1.54) is 4.68 Å². The lowest BCUT2D eigenvalue weighted by atomic mass is 10.2. The zero-order chi connectivity index (χ0) is 22.8. The molecular formula is C24H27N7O. The highest BCUT2D eigenvalue weighted by Gasteiger charge is 2.24. The third-order valence-corrected chi connectivity index (χ3v) is 5.42. The Bertz CT molecular complexity index is 1310. The average molecular weight is 430 g/mol. The summed E-state index contributed by atoms with van der Waals surface area (Å²) in [4.78, 5) is 24.5. The van der Waals surface area contributed by atoms with Gasteiger partial charge in [0.1, 0.15) is 16.9 Å². The second-order valence-electron chi connectivity index (χ2n) is 7.97. The number of carbonyl (C=O) groups is 1. The number of amides is 1. The van der Waals surface area contributed by atoms with E-state index in [0.29, 0.717) is 27.8 Å². The molecule has 0 saturated heterocycles. The Morgan fingerprint density at radius 3 is 2.44 bits per heavy atom. The molecule has 3 N–H and O–H groups in total. The largest absolute Gasteiger partial charge is 0.383 e. The fourth-order valence-electron chi connectivity index (χ4n) is 3.37. The van der Waals surface area contributed by atoms with Crippen molar-refractivity contribution in [1.29, 1.82) is 0 Å². The van der Waals surface area contributed by atoms with Crippen LogP contribution in [0, 0.1) is 0 Å². The van der Waals surface area contributed by atoms with Crippen molar-refractivity contribution in [3.05, 3.63) is 59.7 Å². The summed E-state index contributed by atoms with van der Waals surface area (Å²) in [6.45, 7) is 3.96. The number of nitrogen functional groups attached to an aromatic ring is 1. The van der Waals surface area contributed by atoms with Crippen LogP contribution in [0.2, 0.25) is 0 Å². The summed E-state index contributed by atoms with van der Waals surface area (Å²) in [5.41, 5.74) is 11.0. The van der Waals surface area contributed by atoms with E-state index in [-0.39, 0.29) is 17.8 Å². The van der Waals surface area contributed by atoms with Gasteiger partial charge in [-0.25, -0.2) is 9.97 Å². The molecule has 32 heavy (non-hydrogen) atoms. The standard InChI is InChI=1S/C24H27N7O/c1-5-15(2)27-24(32)20-21-23(29-19-9-7-6-8-18(19)28-21)31(22(20)25)26-14-16-10-12-17(13-11-16)30(3)4/h6-15H,5,25H2,1-4H3,(H,27,32)/b26-14+. The monoisotopic (exact) mass is 429 g/mol. The van der Waals surface area contributed by atoms with Gasteiger partial charge in [0.15, 0.2) is 5.65 Å². The first-order valence-electron chi connectivity index (χ1n) is 10.6. The number of anilines is 2. The first-order chi connectivity index (χ1) is 15.4. The number of nitrogens with one attached hydrogen (secondary N) is 1. The Balaban J connectivity index is 1.84. The van der Waals surface area contributed by atoms with E-state index in [4.69, 9.17) is 15.7 Å². The quantitative estimate of drug-likeness (QED) is 0.456. The van der Waals surface area contributed by atoms with E-state index in [1.54, 1.807) is 6.21 Å². The van der Waals surface area contributed by atoms with Gasteiger partial charge < -0.3 is 16.0 Å². The molecule has 2 aromatic heterocycles. The minimum atomic E-state index is -0.282. The van der Waals surface area contributed by atoms with Crippen LogP contribution in [0.15, 0.2) is 53.6 Å². The Morgan fingerprint density at radius 1 is 1.16 bits per heavy atom. The van der Waals surface area contributed by atoms with Gasteiger partial charge in [-0.3, -0.25) is 4.79 Å². The highest BCUT2D eigenvalue weighted by Crippen LogP contribution is 2.28. The summed E-state index contributed by atoms with van der Waals surface area (Å²) < 4.78 is 1.49. The lowest BCUT2D eigenvalue weighted by molar-refractivity contribution is 0.0941. The topological polar surface area (TPSA) is 101 Å². The lowest BCUT2D eigenvalue weighted by Crippen LogP contribution is -2.32. The Hall–Kier alpha value is -3.94. The van der Waals surface area contributed by atoms with E-state index < -0.39 is 0 Å². The second-order valence-corrected chi connectivity index (χ2v) is 7.97. The molecule has 2 heterocycles. The summed E-state index contributed by atoms with van der Waals surface area (Å²) >= 11 is 0. The number of para-hydroxylation sites is 2. The molecule has 0 fully saturated rings. The fraction of sp³-hybridized carbons (Fsp3) is 0.250. The van der Waals surface area contributed by atoms with Crippen LogP contribution in [0.3, 0.4) is 0 Å². The SMILES string of the molecule is CCC(C)NC(=O)c1c(N)n(/N=C/c2ccc(N(C)C)cc2)c2nc3ccccc3nc12. The molecule has 0 aliphatic carbocycles. The predicted octanol–water partition coefficient (Wildman–Crippen LogP) is 3.64. The van der Waals surface area contributed by atoms with Gasteiger partial charge in [0.25, 0.3) is 5.91 Å². The molecule has 0 aliphatic rings. The minimum absolute atomic E-state index is 0.00688. The third-order valence-electron chi connectivity index (χ3n) is 5.42. The molecule has 1 atom stereocenters. The van der Waals surface area contributed by atoms with Gasteiger partial charge in [0.05, 0.1) is 17.2 Å². The molecular weight excluding hydrogens is 402 g/mol. The number of benzene rings is 2. The molecule has 4 rings (SSSR count). The van der Waals surface area contributed by atoms with Crippen LogP contribution in [0.4, 0.5) is 11.5 Å². The molecule has 4 aromatic rings. The molecule has 0 bridgehead atoms. The smallest absolute Gasteiger partial charge is 0.257 e. The molecule has 8 nitrogen and oxygen atoms in total. The lowest BCUT2D eigenvalue weighted by Gasteiger charge is -2.11. The minimum Gasteiger partial charge on any atom is -0.383 e. The summed E-state index contributed by atoms with van der Waals surface area (Å²) in [5.74, 6) is -0.0759. The van der Waals surface area contributed by atoms with Crippen LogP contribution in [0.5, 0.6) is 0 Å². The van der Waals surface area contributed by atoms with Crippen molar-refractivity contribution >= 4 is 45.8 Å². The summed E-state index contributed by atoms with van der Waals surface area (Å²) in [5, 5.41) is 7.53. The van der Waals surface area contributed by atoms with Crippen molar-refractivity contribution in [3.63, 3.8) is 0 Å². The van der Waals surface area contributed by atoms with E-state index in [0.717, 1.165) is 17.7 Å². The highest BCUT2D eigenvalue weighted by molar-refractivity contribution is 6.10. The first kappa shape index (κ1) is 21.3.